The normalized spacial score (nSPS) is 17.5. The standard InChI is InChI=1S/C17H29N3O2S.HI/c1-23-13-3-2-9-18-17(20-14-16-7-5-12-22-16)19-10-8-15-6-4-11-21-15;/h4,6,11,16H,2-3,5,7-10,12-14H2,1H3,(H2,18,19,20);1H. The highest BCUT2D eigenvalue weighted by atomic mass is 127. The van der Waals surface area contributed by atoms with E-state index in [2.05, 4.69) is 21.9 Å². The first-order valence-corrected chi connectivity index (χ1v) is 9.93. The molecule has 7 heteroatoms. The van der Waals surface area contributed by atoms with Gasteiger partial charge in [-0.15, -0.1) is 24.0 Å². The molecule has 1 unspecified atom stereocenters. The van der Waals surface area contributed by atoms with Gasteiger partial charge < -0.3 is 19.8 Å². The minimum absolute atomic E-state index is 0. The second-order valence-electron chi connectivity index (χ2n) is 5.71. The van der Waals surface area contributed by atoms with Crippen LogP contribution in [-0.4, -0.2) is 50.3 Å². The molecule has 24 heavy (non-hydrogen) atoms. The van der Waals surface area contributed by atoms with Crippen LogP contribution in [0, 0.1) is 0 Å². The maximum absolute atomic E-state index is 5.64. The van der Waals surface area contributed by atoms with Crippen molar-refractivity contribution >= 4 is 41.7 Å². The molecule has 0 bridgehead atoms. The molecule has 0 aromatic carbocycles. The largest absolute Gasteiger partial charge is 0.469 e. The van der Waals surface area contributed by atoms with Crippen molar-refractivity contribution in [3.05, 3.63) is 24.2 Å². The van der Waals surface area contributed by atoms with E-state index in [1.54, 1.807) is 6.26 Å². The van der Waals surface area contributed by atoms with Crippen LogP contribution in [0.25, 0.3) is 0 Å². The molecule has 2 N–H and O–H groups in total. The molecule has 1 aliphatic heterocycles. The summed E-state index contributed by atoms with van der Waals surface area (Å²) in [7, 11) is 0. The molecule has 138 valence electrons. The Balaban J connectivity index is 0.00000288. The average Bonchev–Trinajstić information content (AvgIpc) is 3.25. The number of hydrogen-bond acceptors (Lipinski definition) is 4. The van der Waals surface area contributed by atoms with Crippen LogP contribution < -0.4 is 10.6 Å². The zero-order valence-electron chi connectivity index (χ0n) is 14.5. The Morgan fingerprint density at radius 2 is 2.21 bits per heavy atom. The lowest BCUT2D eigenvalue weighted by Crippen LogP contribution is -2.39. The van der Waals surface area contributed by atoms with Gasteiger partial charge in [0.25, 0.3) is 0 Å². The van der Waals surface area contributed by atoms with Gasteiger partial charge in [0, 0.05) is 26.1 Å². The summed E-state index contributed by atoms with van der Waals surface area (Å²) in [5, 5.41) is 6.82. The van der Waals surface area contributed by atoms with Crippen molar-refractivity contribution in [2.24, 2.45) is 4.99 Å². The second-order valence-corrected chi connectivity index (χ2v) is 6.69. The molecule has 1 aliphatic rings. The number of unbranched alkanes of at least 4 members (excludes halogenated alkanes) is 1. The summed E-state index contributed by atoms with van der Waals surface area (Å²) >= 11 is 1.90. The molecule has 0 spiro atoms. The van der Waals surface area contributed by atoms with Crippen LogP contribution in [0.1, 0.15) is 31.4 Å². The number of guanidine groups is 1. The van der Waals surface area contributed by atoms with Crippen molar-refractivity contribution in [2.75, 3.05) is 38.2 Å². The maximum Gasteiger partial charge on any atom is 0.191 e. The van der Waals surface area contributed by atoms with Crippen molar-refractivity contribution in [1.82, 2.24) is 10.6 Å². The second kappa shape index (κ2) is 13.8. The fraction of sp³-hybridized carbons (Fsp3) is 0.706. The molecule has 1 fully saturated rings. The molecule has 0 radical (unpaired) electrons. The summed E-state index contributed by atoms with van der Waals surface area (Å²) in [6.07, 6.45) is 9.69. The first-order valence-electron chi connectivity index (χ1n) is 8.53. The van der Waals surface area contributed by atoms with Crippen molar-refractivity contribution in [3.63, 3.8) is 0 Å². The third-order valence-corrected chi connectivity index (χ3v) is 4.49. The topological polar surface area (TPSA) is 58.8 Å². The zero-order valence-corrected chi connectivity index (χ0v) is 17.6. The van der Waals surface area contributed by atoms with Gasteiger partial charge in [-0.1, -0.05) is 0 Å². The Hall–Kier alpha value is -0.410. The van der Waals surface area contributed by atoms with Gasteiger partial charge in [-0.3, -0.25) is 4.99 Å². The highest BCUT2D eigenvalue weighted by molar-refractivity contribution is 14.0. The van der Waals surface area contributed by atoms with Gasteiger partial charge in [-0.2, -0.15) is 11.8 Å². The third-order valence-electron chi connectivity index (χ3n) is 3.79. The predicted molar refractivity (Wildman–Crippen MR) is 113 cm³/mol. The Kier molecular flexibility index (Phi) is 12.5. The number of nitrogens with zero attached hydrogens (tertiary/aromatic N) is 1. The molecule has 0 amide bonds. The van der Waals surface area contributed by atoms with Crippen LogP contribution in [0.5, 0.6) is 0 Å². The number of thioether (sulfide) groups is 1. The number of ether oxygens (including phenoxy) is 1. The fourth-order valence-corrected chi connectivity index (χ4v) is 2.99. The summed E-state index contributed by atoms with van der Waals surface area (Å²) in [5.74, 6) is 3.10. The molecule has 1 saturated heterocycles. The molecule has 5 nitrogen and oxygen atoms in total. The van der Waals surface area contributed by atoms with E-state index in [-0.39, 0.29) is 30.1 Å². The van der Waals surface area contributed by atoms with Crippen LogP contribution >= 0.6 is 35.7 Å². The van der Waals surface area contributed by atoms with Crippen LogP contribution in [0.4, 0.5) is 0 Å². The van der Waals surface area contributed by atoms with Crippen molar-refractivity contribution in [2.45, 2.75) is 38.2 Å². The highest BCUT2D eigenvalue weighted by Gasteiger charge is 2.14. The number of nitrogens with one attached hydrogen (secondary N) is 2. The van der Waals surface area contributed by atoms with Gasteiger partial charge in [0.2, 0.25) is 0 Å². The minimum atomic E-state index is 0. The van der Waals surface area contributed by atoms with Gasteiger partial charge in [0.05, 0.1) is 18.9 Å². The number of rotatable bonds is 10. The number of aliphatic imine (C=N–C) groups is 1. The van der Waals surface area contributed by atoms with Crippen LogP contribution in [0.15, 0.2) is 27.8 Å². The average molecular weight is 467 g/mol. The third kappa shape index (κ3) is 9.17. The van der Waals surface area contributed by atoms with Gasteiger partial charge in [-0.05, 0) is 49.8 Å². The van der Waals surface area contributed by atoms with Crippen molar-refractivity contribution < 1.29 is 9.15 Å². The molecule has 0 aliphatic carbocycles. The van der Waals surface area contributed by atoms with Gasteiger partial charge in [0.1, 0.15) is 5.76 Å². The lowest BCUT2D eigenvalue weighted by atomic mass is 10.2. The number of hydrogen-bond donors (Lipinski definition) is 2. The van der Waals surface area contributed by atoms with E-state index in [1.165, 1.54) is 18.6 Å². The Bertz CT molecular complexity index is 437. The molecule has 1 aromatic rings. The molecule has 0 saturated carbocycles. The lowest BCUT2D eigenvalue weighted by molar-refractivity contribution is 0.117. The van der Waals surface area contributed by atoms with Crippen molar-refractivity contribution in [3.8, 4) is 0 Å². The van der Waals surface area contributed by atoms with Gasteiger partial charge in [-0.25, -0.2) is 0 Å². The Morgan fingerprint density at radius 3 is 2.92 bits per heavy atom. The molecule has 2 rings (SSSR count). The summed E-state index contributed by atoms with van der Waals surface area (Å²) in [4.78, 5) is 4.68. The van der Waals surface area contributed by atoms with E-state index in [4.69, 9.17) is 9.15 Å². The molecular weight excluding hydrogens is 437 g/mol. The number of furan rings is 1. The summed E-state index contributed by atoms with van der Waals surface area (Å²) in [6, 6.07) is 3.92. The molecule has 1 atom stereocenters. The van der Waals surface area contributed by atoms with E-state index in [9.17, 15) is 0 Å². The number of halogens is 1. The van der Waals surface area contributed by atoms with Crippen molar-refractivity contribution in [1.29, 1.82) is 0 Å². The van der Waals surface area contributed by atoms with E-state index in [1.807, 2.05) is 23.9 Å². The predicted octanol–water partition coefficient (Wildman–Crippen LogP) is 3.30. The highest BCUT2D eigenvalue weighted by Crippen LogP contribution is 2.11. The zero-order chi connectivity index (χ0) is 16.2. The Morgan fingerprint density at radius 1 is 1.33 bits per heavy atom. The Labute approximate surface area is 166 Å². The molecule has 2 heterocycles. The summed E-state index contributed by atoms with van der Waals surface area (Å²) in [6.45, 7) is 3.39. The summed E-state index contributed by atoms with van der Waals surface area (Å²) in [5.41, 5.74) is 0. The molecular formula is C17H30IN3O2S. The maximum atomic E-state index is 5.64. The monoisotopic (exact) mass is 467 g/mol. The van der Waals surface area contributed by atoms with E-state index in [0.29, 0.717) is 0 Å². The summed E-state index contributed by atoms with van der Waals surface area (Å²) < 4.78 is 11.0. The van der Waals surface area contributed by atoms with E-state index >= 15 is 0 Å². The van der Waals surface area contributed by atoms with Gasteiger partial charge in [0.15, 0.2) is 5.96 Å². The lowest BCUT2D eigenvalue weighted by Gasteiger charge is -2.13. The smallest absolute Gasteiger partial charge is 0.191 e. The first kappa shape index (κ1) is 21.6. The van der Waals surface area contributed by atoms with Crippen LogP contribution in [0.3, 0.4) is 0 Å². The van der Waals surface area contributed by atoms with Crippen LogP contribution in [0.2, 0.25) is 0 Å². The van der Waals surface area contributed by atoms with E-state index < -0.39 is 0 Å². The fourth-order valence-electron chi connectivity index (χ4n) is 2.49. The quantitative estimate of drug-likeness (QED) is 0.239. The molecule has 1 aromatic heterocycles. The first-order chi connectivity index (χ1) is 11.4. The SMILES string of the molecule is CSCCCCNC(=NCC1CCCO1)NCCc1ccco1.I. The van der Waals surface area contributed by atoms with E-state index in [0.717, 1.165) is 57.2 Å². The van der Waals surface area contributed by atoms with Gasteiger partial charge >= 0.3 is 0 Å². The van der Waals surface area contributed by atoms with Crippen LogP contribution in [-0.2, 0) is 11.2 Å². The minimum Gasteiger partial charge on any atom is -0.469 e.